The largest absolute Gasteiger partial charge is 0.325 e. The van der Waals surface area contributed by atoms with Crippen molar-refractivity contribution < 1.29 is 4.79 Å². The lowest BCUT2D eigenvalue weighted by Gasteiger charge is -2.35. The Morgan fingerprint density at radius 2 is 2.24 bits per heavy atom. The standard InChI is InChI=1S/C17H25N3O/c1-12-5-4-6-14(7-12)19-16(21)11-20-10-13-8-18-9-15(13)17(20,2)3/h4-7,13,15,18H,8-11H2,1-3H3,(H,19,21). The quantitative estimate of drug-likeness (QED) is 0.892. The van der Waals surface area contributed by atoms with E-state index >= 15 is 0 Å². The molecule has 0 bridgehead atoms. The lowest BCUT2D eigenvalue weighted by atomic mass is 9.85. The van der Waals surface area contributed by atoms with Crippen molar-refractivity contribution in [2.24, 2.45) is 11.8 Å². The van der Waals surface area contributed by atoms with E-state index in [-0.39, 0.29) is 11.4 Å². The van der Waals surface area contributed by atoms with Crippen molar-refractivity contribution in [3.05, 3.63) is 29.8 Å². The number of hydrogen-bond donors (Lipinski definition) is 2. The predicted octanol–water partition coefficient (Wildman–Crippen LogP) is 1.86. The highest BCUT2D eigenvalue weighted by Crippen LogP contribution is 2.40. The van der Waals surface area contributed by atoms with Gasteiger partial charge in [-0.25, -0.2) is 0 Å². The highest BCUT2D eigenvalue weighted by Gasteiger charge is 2.49. The van der Waals surface area contributed by atoms with Crippen LogP contribution in [0.15, 0.2) is 24.3 Å². The summed E-state index contributed by atoms with van der Waals surface area (Å²) in [6.45, 7) is 10.2. The average Bonchev–Trinajstić information content (AvgIpc) is 2.94. The Morgan fingerprint density at radius 1 is 1.43 bits per heavy atom. The minimum Gasteiger partial charge on any atom is -0.325 e. The van der Waals surface area contributed by atoms with Crippen LogP contribution in [0.2, 0.25) is 0 Å². The van der Waals surface area contributed by atoms with Gasteiger partial charge in [-0.05, 0) is 56.8 Å². The summed E-state index contributed by atoms with van der Waals surface area (Å²) < 4.78 is 0. The molecule has 3 rings (SSSR count). The number of hydrogen-bond acceptors (Lipinski definition) is 3. The number of carbonyl (C=O) groups is 1. The van der Waals surface area contributed by atoms with E-state index in [0.717, 1.165) is 30.9 Å². The van der Waals surface area contributed by atoms with E-state index in [1.807, 2.05) is 31.2 Å². The fraction of sp³-hybridized carbons (Fsp3) is 0.588. The third-order valence-corrected chi connectivity index (χ3v) is 5.15. The molecule has 4 nitrogen and oxygen atoms in total. The Morgan fingerprint density at radius 3 is 2.95 bits per heavy atom. The van der Waals surface area contributed by atoms with Crippen LogP contribution in [0, 0.1) is 18.8 Å². The second-order valence-electron chi connectivity index (χ2n) is 6.98. The van der Waals surface area contributed by atoms with Crippen molar-refractivity contribution in [2.45, 2.75) is 26.3 Å². The van der Waals surface area contributed by atoms with Gasteiger partial charge in [-0.2, -0.15) is 0 Å². The Labute approximate surface area is 126 Å². The van der Waals surface area contributed by atoms with Gasteiger partial charge in [-0.1, -0.05) is 12.1 Å². The van der Waals surface area contributed by atoms with E-state index in [1.165, 1.54) is 0 Å². The molecule has 2 heterocycles. The topological polar surface area (TPSA) is 44.4 Å². The Bertz CT molecular complexity index is 541. The second-order valence-corrected chi connectivity index (χ2v) is 6.98. The van der Waals surface area contributed by atoms with Gasteiger partial charge in [-0.15, -0.1) is 0 Å². The number of nitrogens with one attached hydrogen (secondary N) is 2. The maximum absolute atomic E-state index is 12.3. The molecule has 1 aromatic carbocycles. The van der Waals surface area contributed by atoms with Crippen LogP contribution in [0.1, 0.15) is 19.4 Å². The predicted molar refractivity (Wildman–Crippen MR) is 85.3 cm³/mol. The van der Waals surface area contributed by atoms with Crippen molar-refractivity contribution in [1.29, 1.82) is 0 Å². The van der Waals surface area contributed by atoms with Gasteiger partial charge in [0, 0.05) is 24.3 Å². The van der Waals surface area contributed by atoms with Crippen LogP contribution in [0.3, 0.4) is 0 Å². The minimum atomic E-state index is 0.0848. The molecule has 0 aromatic heterocycles. The smallest absolute Gasteiger partial charge is 0.238 e. The number of fused-ring (bicyclic) bond motifs is 1. The van der Waals surface area contributed by atoms with E-state index in [1.54, 1.807) is 0 Å². The molecule has 2 N–H and O–H groups in total. The molecule has 114 valence electrons. The van der Waals surface area contributed by atoms with Crippen LogP contribution in [0.5, 0.6) is 0 Å². The highest BCUT2D eigenvalue weighted by atomic mass is 16.2. The highest BCUT2D eigenvalue weighted by molar-refractivity contribution is 5.92. The summed E-state index contributed by atoms with van der Waals surface area (Å²) in [5, 5.41) is 6.49. The fourth-order valence-corrected chi connectivity index (χ4v) is 3.87. The maximum atomic E-state index is 12.3. The van der Waals surface area contributed by atoms with Gasteiger partial charge in [0.2, 0.25) is 5.91 Å². The molecule has 0 aliphatic carbocycles. The number of anilines is 1. The van der Waals surface area contributed by atoms with E-state index < -0.39 is 0 Å². The molecule has 2 atom stereocenters. The first kappa shape index (κ1) is 14.5. The molecule has 0 radical (unpaired) electrons. The van der Waals surface area contributed by atoms with E-state index in [2.05, 4.69) is 29.4 Å². The summed E-state index contributed by atoms with van der Waals surface area (Å²) >= 11 is 0. The number of rotatable bonds is 3. The summed E-state index contributed by atoms with van der Waals surface area (Å²) in [5.74, 6) is 1.43. The second kappa shape index (κ2) is 5.43. The zero-order valence-corrected chi connectivity index (χ0v) is 13.1. The zero-order chi connectivity index (χ0) is 15.0. The van der Waals surface area contributed by atoms with Crippen molar-refractivity contribution in [1.82, 2.24) is 10.2 Å². The number of likely N-dealkylation sites (tertiary alicyclic amines) is 1. The molecule has 2 saturated heterocycles. The normalized spacial score (nSPS) is 27.6. The van der Waals surface area contributed by atoms with Crippen LogP contribution >= 0.6 is 0 Å². The summed E-state index contributed by atoms with van der Waals surface area (Å²) in [6, 6.07) is 7.96. The first-order chi connectivity index (χ1) is 9.96. The third kappa shape index (κ3) is 2.83. The van der Waals surface area contributed by atoms with Crippen LogP contribution in [-0.2, 0) is 4.79 Å². The van der Waals surface area contributed by atoms with Gasteiger partial charge >= 0.3 is 0 Å². The summed E-state index contributed by atoms with van der Waals surface area (Å²) in [5.41, 5.74) is 2.15. The zero-order valence-electron chi connectivity index (χ0n) is 13.1. The SMILES string of the molecule is Cc1cccc(NC(=O)CN2CC3CNCC3C2(C)C)c1. The molecule has 2 unspecified atom stereocenters. The molecule has 4 heteroatoms. The molecule has 21 heavy (non-hydrogen) atoms. The summed E-state index contributed by atoms with van der Waals surface area (Å²) in [4.78, 5) is 14.7. The van der Waals surface area contributed by atoms with Crippen molar-refractivity contribution in [3.8, 4) is 0 Å². The van der Waals surface area contributed by atoms with E-state index in [4.69, 9.17) is 0 Å². The Hall–Kier alpha value is -1.39. The minimum absolute atomic E-state index is 0.0848. The van der Waals surface area contributed by atoms with E-state index in [9.17, 15) is 4.79 Å². The number of benzene rings is 1. The molecule has 1 amide bonds. The molecule has 0 spiro atoms. The number of amides is 1. The Balaban J connectivity index is 1.63. The molecule has 1 aromatic rings. The molecular formula is C17H25N3O. The summed E-state index contributed by atoms with van der Waals surface area (Å²) in [7, 11) is 0. The van der Waals surface area contributed by atoms with Crippen molar-refractivity contribution >= 4 is 11.6 Å². The third-order valence-electron chi connectivity index (χ3n) is 5.15. The molecule has 0 saturated carbocycles. The number of aryl methyl sites for hydroxylation is 1. The first-order valence-electron chi connectivity index (χ1n) is 7.79. The molecule has 2 fully saturated rings. The van der Waals surface area contributed by atoms with Gasteiger partial charge in [-0.3, -0.25) is 9.69 Å². The lowest BCUT2D eigenvalue weighted by Crippen LogP contribution is -2.47. The van der Waals surface area contributed by atoms with Crippen LogP contribution < -0.4 is 10.6 Å². The van der Waals surface area contributed by atoms with Gasteiger partial charge in [0.15, 0.2) is 0 Å². The molecule has 2 aliphatic rings. The van der Waals surface area contributed by atoms with Crippen molar-refractivity contribution in [3.63, 3.8) is 0 Å². The van der Waals surface area contributed by atoms with Crippen LogP contribution in [0.25, 0.3) is 0 Å². The lowest BCUT2D eigenvalue weighted by molar-refractivity contribution is -0.118. The van der Waals surface area contributed by atoms with Gasteiger partial charge in [0.05, 0.1) is 6.54 Å². The molecular weight excluding hydrogens is 262 g/mol. The van der Waals surface area contributed by atoms with E-state index in [0.29, 0.717) is 18.4 Å². The average molecular weight is 287 g/mol. The number of carbonyl (C=O) groups excluding carboxylic acids is 1. The fourth-order valence-electron chi connectivity index (χ4n) is 3.87. The van der Waals surface area contributed by atoms with Gasteiger partial charge in [0.25, 0.3) is 0 Å². The maximum Gasteiger partial charge on any atom is 0.238 e. The summed E-state index contributed by atoms with van der Waals surface area (Å²) in [6.07, 6.45) is 0. The van der Waals surface area contributed by atoms with Crippen molar-refractivity contribution in [2.75, 3.05) is 31.5 Å². The van der Waals surface area contributed by atoms with Gasteiger partial charge in [0.1, 0.15) is 0 Å². The van der Waals surface area contributed by atoms with Crippen LogP contribution in [0.4, 0.5) is 5.69 Å². The first-order valence-corrected chi connectivity index (χ1v) is 7.79. The molecule has 2 aliphatic heterocycles. The van der Waals surface area contributed by atoms with Crippen LogP contribution in [-0.4, -0.2) is 42.5 Å². The van der Waals surface area contributed by atoms with Gasteiger partial charge < -0.3 is 10.6 Å². The number of nitrogens with zero attached hydrogens (tertiary/aromatic N) is 1. The Kier molecular flexibility index (Phi) is 3.76. The monoisotopic (exact) mass is 287 g/mol.